The summed E-state index contributed by atoms with van der Waals surface area (Å²) in [6, 6.07) is 15.5. The van der Waals surface area contributed by atoms with Crippen molar-refractivity contribution < 1.29 is 9.53 Å². The first-order chi connectivity index (χ1) is 9.65. The Labute approximate surface area is 117 Å². The molecule has 0 radical (unpaired) electrons. The monoisotopic (exact) mass is 269 g/mol. The lowest BCUT2D eigenvalue weighted by Crippen LogP contribution is -2.30. The second kappa shape index (κ2) is 6.58. The average Bonchev–Trinajstić information content (AvgIpc) is 2.47. The molecule has 0 heterocycles. The molecule has 2 aromatic rings. The van der Waals surface area contributed by atoms with Crippen LogP contribution in [0, 0.1) is 0 Å². The van der Waals surface area contributed by atoms with Crippen molar-refractivity contribution >= 4 is 17.3 Å². The van der Waals surface area contributed by atoms with Gasteiger partial charge in [-0.2, -0.15) is 10.2 Å². The van der Waals surface area contributed by atoms with E-state index in [1.807, 2.05) is 30.3 Å². The van der Waals surface area contributed by atoms with E-state index in [4.69, 9.17) is 10.5 Å². The zero-order chi connectivity index (χ0) is 14.4. The number of esters is 1. The van der Waals surface area contributed by atoms with E-state index < -0.39 is 12.0 Å². The summed E-state index contributed by atoms with van der Waals surface area (Å²) in [6.45, 7) is 1.57. The van der Waals surface area contributed by atoms with Gasteiger partial charge in [0.25, 0.3) is 0 Å². The molecule has 0 unspecified atom stereocenters. The fourth-order valence-electron chi connectivity index (χ4n) is 1.40. The summed E-state index contributed by atoms with van der Waals surface area (Å²) in [6.07, 6.45) is 0. The molecule has 0 amide bonds. The van der Waals surface area contributed by atoms with Gasteiger partial charge in [0.1, 0.15) is 11.8 Å². The highest BCUT2D eigenvalue weighted by Crippen LogP contribution is 2.21. The van der Waals surface area contributed by atoms with Crippen LogP contribution in [0.3, 0.4) is 0 Å². The Balaban J connectivity index is 2.02. The first-order valence-electron chi connectivity index (χ1n) is 6.19. The second-order valence-electron chi connectivity index (χ2n) is 4.24. The maximum atomic E-state index is 11.3. The van der Waals surface area contributed by atoms with E-state index >= 15 is 0 Å². The lowest BCUT2D eigenvalue weighted by atomic mass is 10.3. The minimum absolute atomic E-state index is 0.436. The van der Waals surface area contributed by atoms with E-state index in [1.165, 1.54) is 0 Å². The van der Waals surface area contributed by atoms with E-state index in [9.17, 15) is 4.79 Å². The first-order valence-corrected chi connectivity index (χ1v) is 6.19. The van der Waals surface area contributed by atoms with Crippen molar-refractivity contribution in [2.45, 2.75) is 13.0 Å². The topological polar surface area (TPSA) is 77.0 Å². The van der Waals surface area contributed by atoms with E-state index in [1.54, 1.807) is 31.2 Å². The third-order valence-corrected chi connectivity index (χ3v) is 2.46. The van der Waals surface area contributed by atoms with Crippen LogP contribution in [0.4, 0.5) is 11.4 Å². The number of nitrogens with two attached hydrogens (primary N) is 1. The van der Waals surface area contributed by atoms with Crippen LogP contribution in [-0.2, 0) is 4.79 Å². The molecule has 5 heteroatoms. The van der Waals surface area contributed by atoms with Crippen molar-refractivity contribution in [3.63, 3.8) is 0 Å². The van der Waals surface area contributed by atoms with Crippen molar-refractivity contribution in [3.05, 3.63) is 54.6 Å². The van der Waals surface area contributed by atoms with E-state index in [2.05, 4.69) is 10.2 Å². The fraction of sp³-hybridized carbons (Fsp3) is 0.133. The van der Waals surface area contributed by atoms with Gasteiger partial charge in [-0.05, 0) is 43.3 Å². The largest absolute Gasteiger partial charge is 0.425 e. The van der Waals surface area contributed by atoms with Gasteiger partial charge in [-0.25, -0.2) is 4.79 Å². The maximum absolute atomic E-state index is 11.3. The molecule has 2 rings (SSSR count). The lowest BCUT2D eigenvalue weighted by molar-refractivity contribution is -0.135. The Morgan fingerprint density at radius 3 is 2.10 bits per heavy atom. The van der Waals surface area contributed by atoms with Crippen LogP contribution in [0.25, 0.3) is 0 Å². The molecule has 0 saturated carbocycles. The highest BCUT2D eigenvalue weighted by atomic mass is 16.5. The molecule has 0 spiro atoms. The van der Waals surface area contributed by atoms with Crippen LogP contribution in [0.5, 0.6) is 5.75 Å². The van der Waals surface area contributed by atoms with Gasteiger partial charge in [-0.15, -0.1) is 0 Å². The summed E-state index contributed by atoms with van der Waals surface area (Å²) in [4.78, 5) is 11.3. The van der Waals surface area contributed by atoms with Gasteiger partial charge in [0.2, 0.25) is 0 Å². The normalized spacial score (nSPS) is 12.3. The van der Waals surface area contributed by atoms with Crippen LogP contribution >= 0.6 is 0 Å². The van der Waals surface area contributed by atoms with Crippen molar-refractivity contribution in [2.24, 2.45) is 16.0 Å². The molecule has 5 nitrogen and oxygen atoms in total. The van der Waals surface area contributed by atoms with Gasteiger partial charge >= 0.3 is 5.97 Å². The van der Waals surface area contributed by atoms with Crippen molar-refractivity contribution in [1.29, 1.82) is 0 Å². The van der Waals surface area contributed by atoms with Crippen LogP contribution in [0.2, 0.25) is 0 Å². The Bertz CT molecular complexity index is 592. The van der Waals surface area contributed by atoms with Gasteiger partial charge in [0.15, 0.2) is 0 Å². The molecule has 102 valence electrons. The maximum Gasteiger partial charge on any atom is 0.328 e. The molecule has 20 heavy (non-hydrogen) atoms. The number of rotatable bonds is 4. The van der Waals surface area contributed by atoms with Crippen LogP contribution in [0.1, 0.15) is 6.92 Å². The molecular weight excluding hydrogens is 254 g/mol. The minimum atomic E-state index is -0.646. The molecule has 2 aromatic carbocycles. The quantitative estimate of drug-likeness (QED) is 0.525. The van der Waals surface area contributed by atoms with Crippen LogP contribution in [0.15, 0.2) is 64.8 Å². The molecular formula is C15H15N3O2. The Hall–Kier alpha value is -2.53. The van der Waals surface area contributed by atoms with Gasteiger partial charge in [0.05, 0.1) is 11.4 Å². The summed E-state index contributed by atoms with van der Waals surface area (Å²) in [5.74, 6) is -0.0328. The highest BCUT2D eigenvalue weighted by molar-refractivity contribution is 5.77. The summed E-state index contributed by atoms with van der Waals surface area (Å²) < 4.78 is 5.06. The number of nitrogens with zero attached hydrogens (tertiary/aromatic N) is 2. The third-order valence-electron chi connectivity index (χ3n) is 2.46. The van der Waals surface area contributed by atoms with Crippen molar-refractivity contribution in [2.75, 3.05) is 0 Å². The molecule has 0 aromatic heterocycles. The van der Waals surface area contributed by atoms with Gasteiger partial charge in [-0.1, -0.05) is 18.2 Å². The number of carbonyl (C=O) groups excluding carboxylic acids is 1. The molecule has 0 bridgehead atoms. The van der Waals surface area contributed by atoms with E-state index in [0.717, 1.165) is 5.69 Å². The molecule has 0 saturated heterocycles. The predicted octanol–water partition coefficient (Wildman–Crippen LogP) is 3.35. The van der Waals surface area contributed by atoms with Crippen LogP contribution in [-0.4, -0.2) is 12.0 Å². The van der Waals surface area contributed by atoms with E-state index in [0.29, 0.717) is 11.4 Å². The number of benzene rings is 2. The molecule has 1 atom stereocenters. The number of hydrogen-bond donors (Lipinski definition) is 1. The number of hydrogen-bond acceptors (Lipinski definition) is 5. The molecule has 0 aliphatic carbocycles. The Morgan fingerprint density at radius 1 is 1.00 bits per heavy atom. The molecule has 0 fully saturated rings. The average molecular weight is 269 g/mol. The number of carbonyl (C=O) groups is 1. The first kappa shape index (κ1) is 13.9. The van der Waals surface area contributed by atoms with Crippen molar-refractivity contribution in [3.8, 4) is 5.75 Å². The van der Waals surface area contributed by atoms with Gasteiger partial charge in [-0.3, -0.25) is 0 Å². The number of azo groups is 1. The Kier molecular flexibility index (Phi) is 4.57. The summed E-state index contributed by atoms with van der Waals surface area (Å²) in [7, 11) is 0. The zero-order valence-corrected chi connectivity index (χ0v) is 11.1. The highest BCUT2D eigenvalue weighted by Gasteiger charge is 2.09. The molecule has 2 N–H and O–H groups in total. The summed E-state index contributed by atoms with van der Waals surface area (Å²) in [5, 5.41) is 8.18. The van der Waals surface area contributed by atoms with Crippen LogP contribution < -0.4 is 10.5 Å². The summed E-state index contributed by atoms with van der Waals surface area (Å²) in [5.41, 5.74) is 6.87. The van der Waals surface area contributed by atoms with Gasteiger partial charge in [0, 0.05) is 0 Å². The third kappa shape index (κ3) is 4.00. The second-order valence-corrected chi connectivity index (χ2v) is 4.24. The SMILES string of the molecule is C[C@H](N)C(=O)Oc1ccc(N=Nc2ccccc2)cc1. The molecule has 0 aliphatic heterocycles. The van der Waals surface area contributed by atoms with E-state index in [-0.39, 0.29) is 0 Å². The molecule has 0 aliphatic rings. The fourth-order valence-corrected chi connectivity index (χ4v) is 1.40. The number of ether oxygens (including phenoxy) is 1. The predicted molar refractivity (Wildman–Crippen MR) is 76.3 cm³/mol. The van der Waals surface area contributed by atoms with Crippen molar-refractivity contribution in [1.82, 2.24) is 0 Å². The summed E-state index contributed by atoms with van der Waals surface area (Å²) >= 11 is 0. The Morgan fingerprint density at radius 2 is 1.55 bits per heavy atom. The minimum Gasteiger partial charge on any atom is -0.425 e. The van der Waals surface area contributed by atoms with Gasteiger partial charge < -0.3 is 10.5 Å². The zero-order valence-electron chi connectivity index (χ0n) is 11.1. The lowest BCUT2D eigenvalue weighted by Gasteiger charge is -2.06. The smallest absolute Gasteiger partial charge is 0.328 e. The standard InChI is InChI=1S/C15H15N3O2/c1-11(16)15(19)20-14-9-7-13(8-10-14)18-17-12-5-3-2-4-6-12/h2-11H,16H2,1H3/t11-/m0/s1.